The third kappa shape index (κ3) is 4.40. The molecule has 22 heavy (non-hydrogen) atoms. The molecular weight excluding hydrogens is 296 g/mol. The van der Waals surface area contributed by atoms with Gasteiger partial charge in [0.05, 0.1) is 0 Å². The molecule has 1 aliphatic rings. The van der Waals surface area contributed by atoms with Crippen LogP contribution < -0.4 is 11.1 Å². The second kappa shape index (κ2) is 7.05. The molecule has 0 atom stereocenters. The SMILES string of the molecule is CN=C(NCc1cccc(C(N)=O)c1)N1CCSC(C)(C)C1. The molecule has 0 spiro atoms. The predicted octanol–water partition coefficient (Wildman–Crippen LogP) is 1.69. The normalized spacial score (nSPS) is 18.1. The van der Waals surface area contributed by atoms with E-state index in [0.717, 1.165) is 30.4 Å². The first-order chi connectivity index (χ1) is 10.4. The fourth-order valence-corrected chi connectivity index (χ4v) is 3.66. The van der Waals surface area contributed by atoms with E-state index >= 15 is 0 Å². The van der Waals surface area contributed by atoms with E-state index in [9.17, 15) is 4.79 Å². The Balaban J connectivity index is 2.00. The predicted molar refractivity (Wildman–Crippen MR) is 93.3 cm³/mol. The number of hydrogen-bond acceptors (Lipinski definition) is 3. The number of guanidine groups is 1. The zero-order valence-corrected chi connectivity index (χ0v) is 14.2. The van der Waals surface area contributed by atoms with Gasteiger partial charge < -0.3 is 16.0 Å². The van der Waals surface area contributed by atoms with Crippen molar-refractivity contribution in [2.45, 2.75) is 25.1 Å². The first-order valence-corrected chi connectivity index (χ1v) is 8.38. The second-order valence-electron chi connectivity index (χ2n) is 6.00. The third-order valence-electron chi connectivity index (χ3n) is 3.60. The third-order valence-corrected chi connectivity index (χ3v) is 4.90. The summed E-state index contributed by atoms with van der Waals surface area (Å²) in [6.45, 7) is 7.10. The lowest BCUT2D eigenvalue weighted by molar-refractivity contribution is 0.1000. The molecule has 0 radical (unpaired) electrons. The van der Waals surface area contributed by atoms with Crippen LogP contribution in [0.25, 0.3) is 0 Å². The number of hydrogen-bond donors (Lipinski definition) is 2. The minimum atomic E-state index is -0.402. The smallest absolute Gasteiger partial charge is 0.248 e. The van der Waals surface area contributed by atoms with Gasteiger partial charge in [-0.05, 0) is 31.5 Å². The van der Waals surface area contributed by atoms with E-state index in [2.05, 4.69) is 29.1 Å². The van der Waals surface area contributed by atoms with E-state index < -0.39 is 5.91 Å². The first-order valence-electron chi connectivity index (χ1n) is 7.39. The van der Waals surface area contributed by atoms with E-state index in [1.807, 2.05) is 30.0 Å². The van der Waals surface area contributed by atoms with E-state index in [0.29, 0.717) is 12.1 Å². The standard InChI is InChI=1S/C16H24N4OS/c1-16(2)11-20(7-8-22-16)15(18-3)19-10-12-5-4-6-13(9-12)14(17)21/h4-6,9H,7-8,10-11H2,1-3H3,(H2,17,21)(H,18,19). The topological polar surface area (TPSA) is 70.7 Å². The highest BCUT2D eigenvalue weighted by molar-refractivity contribution is 8.00. The Morgan fingerprint density at radius 1 is 1.50 bits per heavy atom. The van der Waals surface area contributed by atoms with E-state index in [4.69, 9.17) is 5.73 Å². The summed E-state index contributed by atoms with van der Waals surface area (Å²) in [6, 6.07) is 7.37. The van der Waals surface area contributed by atoms with Gasteiger partial charge in [0.1, 0.15) is 0 Å². The van der Waals surface area contributed by atoms with Crippen LogP contribution >= 0.6 is 11.8 Å². The minimum Gasteiger partial charge on any atom is -0.366 e. The molecule has 1 aliphatic heterocycles. The molecule has 0 unspecified atom stereocenters. The Kier molecular flexibility index (Phi) is 5.34. The van der Waals surface area contributed by atoms with Crippen LogP contribution in [0.5, 0.6) is 0 Å². The van der Waals surface area contributed by atoms with Crippen LogP contribution in [0.2, 0.25) is 0 Å². The lowest BCUT2D eigenvalue weighted by Crippen LogP contribution is -2.50. The summed E-state index contributed by atoms with van der Waals surface area (Å²) in [7, 11) is 1.80. The summed E-state index contributed by atoms with van der Waals surface area (Å²) in [5.41, 5.74) is 6.87. The molecule has 120 valence electrons. The van der Waals surface area contributed by atoms with Gasteiger partial charge in [-0.3, -0.25) is 9.79 Å². The maximum atomic E-state index is 11.2. The van der Waals surface area contributed by atoms with E-state index in [1.54, 1.807) is 13.1 Å². The molecule has 1 amide bonds. The first kappa shape index (κ1) is 16.7. The number of carbonyl (C=O) groups is 1. The van der Waals surface area contributed by atoms with Crippen LogP contribution in [0.1, 0.15) is 29.8 Å². The summed E-state index contributed by atoms with van der Waals surface area (Å²) in [6.07, 6.45) is 0. The molecule has 3 N–H and O–H groups in total. The van der Waals surface area contributed by atoms with Crippen LogP contribution in [0, 0.1) is 0 Å². The molecule has 1 aromatic carbocycles. The number of benzene rings is 1. The number of primary amides is 1. The van der Waals surface area contributed by atoms with Crippen LogP contribution in [-0.2, 0) is 6.54 Å². The molecule has 5 nitrogen and oxygen atoms in total. The average molecular weight is 320 g/mol. The minimum absolute atomic E-state index is 0.238. The number of nitrogens with two attached hydrogens (primary N) is 1. The second-order valence-corrected chi connectivity index (χ2v) is 7.80. The number of amides is 1. The molecule has 1 saturated heterocycles. The Morgan fingerprint density at radius 3 is 2.91 bits per heavy atom. The largest absolute Gasteiger partial charge is 0.366 e. The summed E-state index contributed by atoms with van der Waals surface area (Å²) >= 11 is 2.00. The van der Waals surface area contributed by atoms with Gasteiger partial charge in [-0.25, -0.2) is 0 Å². The summed E-state index contributed by atoms with van der Waals surface area (Å²) in [5.74, 6) is 1.60. The van der Waals surface area contributed by atoms with Crippen molar-refractivity contribution in [3.8, 4) is 0 Å². The summed E-state index contributed by atoms with van der Waals surface area (Å²) < 4.78 is 0.238. The molecule has 0 bridgehead atoms. The number of nitrogens with zero attached hydrogens (tertiary/aromatic N) is 2. The maximum Gasteiger partial charge on any atom is 0.248 e. The van der Waals surface area contributed by atoms with Gasteiger partial charge >= 0.3 is 0 Å². The highest BCUT2D eigenvalue weighted by atomic mass is 32.2. The van der Waals surface area contributed by atoms with Crippen molar-refractivity contribution in [1.82, 2.24) is 10.2 Å². The zero-order chi connectivity index (χ0) is 16.2. The van der Waals surface area contributed by atoms with E-state index in [1.165, 1.54) is 0 Å². The molecular formula is C16H24N4OS. The lowest BCUT2D eigenvalue weighted by Gasteiger charge is -2.39. The van der Waals surface area contributed by atoms with Crippen molar-refractivity contribution >= 4 is 23.6 Å². The van der Waals surface area contributed by atoms with Gasteiger partial charge in [-0.15, -0.1) is 0 Å². The number of nitrogens with one attached hydrogen (secondary N) is 1. The Labute approximate surface area is 136 Å². The number of carbonyl (C=O) groups excluding carboxylic acids is 1. The number of aliphatic imine (C=N–C) groups is 1. The quantitative estimate of drug-likeness (QED) is 0.657. The van der Waals surface area contributed by atoms with Crippen molar-refractivity contribution < 1.29 is 4.79 Å². The maximum absolute atomic E-state index is 11.2. The monoisotopic (exact) mass is 320 g/mol. The van der Waals surface area contributed by atoms with E-state index in [-0.39, 0.29) is 4.75 Å². The molecule has 6 heteroatoms. The summed E-state index contributed by atoms with van der Waals surface area (Å²) in [4.78, 5) is 17.9. The number of thioether (sulfide) groups is 1. The fraction of sp³-hybridized carbons (Fsp3) is 0.500. The summed E-state index contributed by atoms with van der Waals surface area (Å²) in [5, 5.41) is 3.37. The molecule has 1 aromatic rings. The van der Waals surface area contributed by atoms with Crippen molar-refractivity contribution in [1.29, 1.82) is 0 Å². The van der Waals surface area contributed by atoms with Gasteiger partial charge in [-0.2, -0.15) is 11.8 Å². The Hall–Kier alpha value is -1.69. The Morgan fingerprint density at radius 2 is 2.27 bits per heavy atom. The molecule has 0 saturated carbocycles. The molecule has 0 aliphatic carbocycles. The molecule has 1 heterocycles. The van der Waals surface area contributed by atoms with Gasteiger partial charge in [-0.1, -0.05) is 12.1 Å². The van der Waals surface area contributed by atoms with Crippen LogP contribution in [0.4, 0.5) is 0 Å². The highest BCUT2D eigenvalue weighted by Crippen LogP contribution is 2.29. The molecule has 0 aromatic heterocycles. The van der Waals surface area contributed by atoms with Crippen molar-refractivity contribution in [3.05, 3.63) is 35.4 Å². The molecule has 1 fully saturated rings. The van der Waals surface area contributed by atoms with Crippen LogP contribution in [0.3, 0.4) is 0 Å². The van der Waals surface area contributed by atoms with Gasteiger partial charge in [0.15, 0.2) is 5.96 Å². The van der Waals surface area contributed by atoms with Crippen molar-refractivity contribution in [3.63, 3.8) is 0 Å². The number of rotatable bonds is 3. The van der Waals surface area contributed by atoms with Crippen LogP contribution in [-0.4, -0.2) is 47.4 Å². The van der Waals surface area contributed by atoms with Gasteiger partial charge in [0.2, 0.25) is 5.91 Å². The zero-order valence-electron chi connectivity index (χ0n) is 13.4. The fourth-order valence-electron chi connectivity index (χ4n) is 2.55. The highest BCUT2D eigenvalue weighted by Gasteiger charge is 2.28. The molecule has 2 rings (SSSR count). The van der Waals surface area contributed by atoms with Gasteiger partial charge in [0.25, 0.3) is 0 Å². The van der Waals surface area contributed by atoms with Crippen molar-refractivity contribution in [2.24, 2.45) is 10.7 Å². The lowest BCUT2D eigenvalue weighted by atomic mass is 10.1. The average Bonchev–Trinajstić information content (AvgIpc) is 2.47. The van der Waals surface area contributed by atoms with Crippen LogP contribution in [0.15, 0.2) is 29.3 Å². The van der Waals surface area contributed by atoms with Gasteiger partial charge in [0, 0.05) is 42.7 Å². The Bertz CT molecular complexity index is 571. The van der Waals surface area contributed by atoms with Crippen molar-refractivity contribution in [2.75, 3.05) is 25.9 Å².